The summed E-state index contributed by atoms with van der Waals surface area (Å²) in [5, 5.41) is 31.2. The van der Waals surface area contributed by atoms with Crippen LogP contribution in [-0.2, 0) is 23.8 Å². The second kappa shape index (κ2) is 5.63. The summed E-state index contributed by atoms with van der Waals surface area (Å²) < 4.78 is 16.4. The van der Waals surface area contributed by atoms with Gasteiger partial charge in [0.25, 0.3) is 0 Å². The Balaban J connectivity index is 2.16. The Morgan fingerprint density at radius 2 is 2.08 bits per heavy atom. The number of rotatable bonds is 2. The normalized spacial score (nSPS) is 42.7. The van der Waals surface area contributed by atoms with E-state index in [2.05, 4.69) is 0 Å². The largest absolute Gasteiger partial charge is 0.454 e. The number of esters is 2. The Labute approximate surface area is 144 Å². The first kappa shape index (κ1) is 18.1. The summed E-state index contributed by atoms with van der Waals surface area (Å²) in [6, 6.07) is 0. The minimum Gasteiger partial charge on any atom is -0.454 e. The smallest absolute Gasteiger partial charge is 0.342 e. The predicted molar refractivity (Wildman–Crippen MR) is 82.8 cm³/mol. The first-order chi connectivity index (χ1) is 11.5. The average molecular weight is 354 g/mol. The Morgan fingerprint density at radius 1 is 1.40 bits per heavy atom. The monoisotopic (exact) mass is 354 g/mol. The Kier molecular flexibility index (Phi) is 4.07. The number of hydrogen-bond donors (Lipinski definition) is 3. The third-order valence-corrected chi connectivity index (χ3v) is 5.11. The summed E-state index contributed by atoms with van der Waals surface area (Å²) in [4.78, 5) is 23.6. The maximum Gasteiger partial charge on any atom is 0.342 e. The number of aliphatic hydroxyl groups is 3. The Bertz CT molecular complexity index is 695. The van der Waals surface area contributed by atoms with E-state index in [9.17, 15) is 24.9 Å². The second-order valence-corrected chi connectivity index (χ2v) is 7.19. The van der Waals surface area contributed by atoms with Crippen molar-refractivity contribution < 1.29 is 39.1 Å². The van der Waals surface area contributed by atoms with Crippen LogP contribution in [0.25, 0.3) is 0 Å². The van der Waals surface area contributed by atoms with Crippen LogP contribution in [0.5, 0.6) is 0 Å². The summed E-state index contributed by atoms with van der Waals surface area (Å²) in [5.41, 5.74) is -2.48. The summed E-state index contributed by atoms with van der Waals surface area (Å²) in [6.45, 7) is 3.78. The van der Waals surface area contributed by atoms with Crippen molar-refractivity contribution in [3.63, 3.8) is 0 Å². The topological polar surface area (TPSA) is 123 Å². The van der Waals surface area contributed by atoms with E-state index < -0.39 is 41.6 Å². The highest BCUT2D eigenvalue weighted by Gasteiger charge is 2.60. The van der Waals surface area contributed by atoms with Gasteiger partial charge >= 0.3 is 11.9 Å². The van der Waals surface area contributed by atoms with Gasteiger partial charge in [-0.15, -0.1) is 0 Å². The first-order valence-corrected chi connectivity index (χ1v) is 8.12. The average Bonchev–Trinajstić information content (AvgIpc) is 2.95. The van der Waals surface area contributed by atoms with Gasteiger partial charge in [-0.1, -0.05) is 0 Å². The number of fused-ring (bicyclic) bond motifs is 3. The highest BCUT2D eigenvalue weighted by atomic mass is 16.7. The zero-order valence-corrected chi connectivity index (χ0v) is 14.4. The van der Waals surface area contributed by atoms with Crippen molar-refractivity contribution in [2.45, 2.75) is 63.1 Å². The molecule has 4 atom stereocenters. The minimum atomic E-state index is -1.81. The van der Waals surface area contributed by atoms with E-state index in [1.165, 1.54) is 19.9 Å². The lowest BCUT2D eigenvalue weighted by Gasteiger charge is -2.42. The molecule has 1 saturated heterocycles. The molecule has 0 aromatic heterocycles. The highest BCUT2D eigenvalue weighted by Crippen LogP contribution is 2.50. The summed E-state index contributed by atoms with van der Waals surface area (Å²) in [7, 11) is 0. The van der Waals surface area contributed by atoms with Gasteiger partial charge in [-0.2, -0.15) is 0 Å². The van der Waals surface area contributed by atoms with Crippen molar-refractivity contribution in [2.24, 2.45) is 0 Å². The van der Waals surface area contributed by atoms with Crippen LogP contribution >= 0.6 is 0 Å². The number of carbonyl (C=O) groups is 2. The molecular formula is C17H22O8. The van der Waals surface area contributed by atoms with Crippen molar-refractivity contribution >= 4 is 11.9 Å². The third kappa shape index (κ3) is 2.79. The van der Waals surface area contributed by atoms with E-state index in [0.717, 1.165) is 0 Å². The quantitative estimate of drug-likeness (QED) is 0.595. The maximum atomic E-state index is 12.0. The zero-order chi connectivity index (χ0) is 18.6. The van der Waals surface area contributed by atoms with E-state index in [-0.39, 0.29) is 29.7 Å². The Hall–Kier alpha value is -1.74. The van der Waals surface area contributed by atoms with E-state index in [1.54, 1.807) is 6.92 Å². The van der Waals surface area contributed by atoms with Crippen LogP contribution in [0.1, 0.15) is 40.0 Å². The molecule has 3 N–H and O–H groups in total. The first-order valence-electron chi connectivity index (χ1n) is 8.12. The lowest BCUT2D eigenvalue weighted by Crippen LogP contribution is -2.56. The molecule has 8 heteroatoms. The molecule has 8 nitrogen and oxygen atoms in total. The molecule has 0 unspecified atom stereocenters. The number of hydrogen-bond acceptors (Lipinski definition) is 8. The standard InChI is InChI=1S/C17H22O8/c1-9(19)24-16(3)6-11(20)13-10(8-18)14(21)23-12(13)7-15(2)4-5-17(16,22)25-15/h7,11,18,20,22H,4-6,8H2,1-3H3/b12-7+/t11-,15+,16+,17-/m0/s1. The SMILES string of the molecule is CC(=O)O[C@]1(C)C[C@H](O)C2=C(CO)C(=O)O/C2=C/[C@@]2(C)CC[C@]1(O)O2. The van der Waals surface area contributed by atoms with Gasteiger partial charge in [0.15, 0.2) is 5.60 Å². The molecule has 0 aromatic carbocycles. The molecule has 138 valence electrons. The van der Waals surface area contributed by atoms with Crippen LogP contribution < -0.4 is 0 Å². The minimum absolute atomic E-state index is 0.0581. The van der Waals surface area contributed by atoms with Crippen LogP contribution in [0.4, 0.5) is 0 Å². The lowest BCUT2D eigenvalue weighted by atomic mass is 9.82. The van der Waals surface area contributed by atoms with Crippen LogP contribution in [-0.4, -0.2) is 57.0 Å². The van der Waals surface area contributed by atoms with Gasteiger partial charge in [-0.25, -0.2) is 4.79 Å². The van der Waals surface area contributed by atoms with Crippen molar-refractivity contribution in [1.82, 2.24) is 0 Å². The van der Waals surface area contributed by atoms with Crippen LogP contribution in [0.15, 0.2) is 23.0 Å². The molecule has 0 aromatic rings. The molecule has 3 aliphatic rings. The highest BCUT2D eigenvalue weighted by molar-refractivity contribution is 5.95. The molecule has 0 aliphatic carbocycles. The number of ether oxygens (including phenoxy) is 3. The second-order valence-electron chi connectivity index (χ2n) is 7.19. The summed E-state index contributed by atoms with van der Waals surface area (Å²) in [6.07, 6.45) is 0.540. The van der Waals surface area contributed by atoms with Crippen molar-refractivity contribution in [3.8, 4) is 0 Å². The molecule has 1 fully saturated rings. The van der Waals surface area contributed by atoms with Crippen LogP contribution in [0.2, 0.25) is 0 Å². The molecule has 0 amide bonds. The number of aliphatic hydroxyl groups excluding tert-OH is 2. The van der Waals surface area contributed by atoms with Gasteiger partial charge in [-0.05, 0) is 26.3 Å². The van der Waals surface area contributed by atoms with Gasteiger partial charge in [0.2, 0.25) is 5.79 Å². The van der Waals surface area contributed by atoms with Gasteiger partial charge in [-0.3, -0.25) is 4.79 Å². The predicted octanol–water partition coefficient (Wildman–Crippen LogP) is 0.0601. The fourth-order valence-corrected chi connectivity index (χ4v) is 3.82. The van der Waals surface area contributed by atoms with Crippen molar-refractivity contribution in [1.29, 1.82) is 0 Å². The molecule has 3 rings (SSSR count). The van der Waals surface area contributed by atoms with Crippen LogP contribution in [0, 0.1) is 0 Å². The molecule has 0 radical (unpaired) electrons. The van der Waals surface area contributed by atoms with Crippen molar-refractivity contribution in [2.75, 3.05) is 6.61 Å². The lowest BCUT2D eigenvalue weighted by molar-refractivity contribution is -0.302. The zero-order valence-electron chi connectivity index (χ0n) is 14.4. The molecule has 0 saturated carbocycles. The van der Waals surface area contributed by atoms with Gasteiger partial charge in [0, 0.05) is 25.3 Å². The molecule has 0 spiro atoms. The number of carbonyl (C=O) groups excluding carboxylic acids is 2. The summed E-state index contributed by atoms with van der Waals surface area (Å²) in [5.74, 6) is -3.09. The van der Waals surface area contributed by atoms with Gasteiger partial charge in [0.1, 0.15) is 5.76 Å². The van der Waals surface area contributed by atoms with E-state index in [4.69, 9.17) is 14.2 Å². The van der Waals surface area contributed by atoms with E-state index in [1.807, 2.05) is 0 Å². The van der Waals surface area contributed by atoms with Gasteiger partial charge < -0.3 is 29.5 Å². The molecule has 2 bridgehead atoms. The maximum absolute atomic E-state index is 12.0. The fraction of sp³-hybridized carbons (Fsp3) is 0.647. The van der Waals surface area contributed by atoms with Crippen molar-refractivity contribution in [3.05, 3.63) is 23.0 Å². The van der Waals surface area contributed by atoms with E-state index in [0.29, 0.717) is 6.42 Å². The molecule has 25 heavy (non-hydrogen) atoms. The fourth-order valence-electron chi connectivity index (χ4n) is 3.82. The molecular weight excluding hydrogens is 332 g/mol. The van der Waals surface area contributed by atoms with Gasteiger partial charge in [0.05, 0.1) is 23.9 Å². The summed E-state index contributed by atoms with van der Waals surface area (Å²) >= 11 is 0. The molecule has 3 heterocycles. The Morgan fingerprint density at radius 3 is 2.68 bits per heavy atom. The third-order valence-electron chi connectivity index (χ3n) is 5.11. The molecule has 3 aliphatic heterocycles. The van der Waals surface area contributed by atoms with Crippen LogP contribution in [0.3, 0.4) is 0 Å². The van der Waals surface area contributed by atoms with E-state index >= 15 is 0 Å².